The zero-order valence-electron chi connectivity index (χ0n) is 15.8. The number of carbonyl (C=O) groups excluding carboxylic acids is 1. The number of piperidine rings is 1. The van der Waals surface area contributed by atoms with Crippen LogP contribution in [0.25, 0.3) is 0 Å². The molecular formula is C18H32N4O2. The van der Waals surface area contributed by atoms with Gasteiger partial charge in [-0.05, 0) is 46.5 Å². The van der Waals surface area contributed by atoms with Crippen LogP contribution in [0.1, 0.15) is 83.2 Å². The number of rotatable bonds is 5. The maximum absolute atomic E-state index is 12.5. The Morgan fingerprint density at radius 1 is 1.42 bits per heavy atom. The van der Waals surface area contributed by atoms with Crippen LogP contribution in [0, 0.1) is 5.92 Å². The van der Waals surface area contributed by atoms with E-state index in [9.17, 15) is 4.79 Å². The first kappa shape index (κ1) is 18.9. The highest BCUT2D eigenvalue weighted by atomic mass is 16.3. The average Bonchev–Trinajstić information content (AvgIpc) is 2.91. The molecule has 0 aliphatic carbocycles. The summed E-state index contributed by atoms with van der Waals surface area (Å²) < 4.78 is 5.43. The van der Waals surface area contributed by atoms with Gasteiger partial charge in [-0.1, -0.05) is 20.3 Å². The number of aromatic nitrogens is 1. The number of amides is 1. The molecule has 2 heterocycles. The van der Waals surface area contributed by atoms with Gasteiger partial charge in [0.1, 0.15) is 6.26 Å². The van der Waals surface area contributed by atoms with E-state index in [1.807, 2.05) is 6.92 Å². The summed E-state index contributed by atoms with van der Waals surface area (Å²) in [6.45, 7) is 12.8. The van der Waals surface area contributed by atoms with Crippen LogP contribution < -0.4 is 16.4 Å². The summed E-state index contributed by atoms with van der Waals surface area (Å²) in [7, 11) is 0. The fourth-order valence-electron chi connectivity index (χ4n) is 3.73. The molecule has 6 heteroatoms. The second-order valence-electron chi connectivity index (χ2n) is 8.45. The van der Waals surface area contributed by atoms with Gasteiger partial charge in [0, 0.05) is 17.1 Å². The van der Waals surface area contributed by atoms with E-state index < -0.39 is 0 Å². The van der Waals surface area contributed by atoms with Crippen LogP contribution in [-0.2, 0) is 0 Å². The minimum absolute atomic E-state index is 0.0202. The van der Waals surface area contributed by atoms with Gasteiger partial charge in [0.15, 0.2) is 5.69 Å². The summed E-state index contributed by atoms with van der Waals surface area (Å²) in [5, 5.41) is 6.71. The Kier molecular flexibility index (Phi) is 5.40. The number of hydrogen-bond donors (Lipinski definition) is 3. The van der Waals surface area contributed by atoms with Crippen molar-refractivity contribution >= 4 is 5.91 Å². The molecule has 4 N–H and O–H groups in total. The van der Waals surface area contributed by atoms with E-state index in [-0.39, 0.29) is 35.0 Å². The van der Waals surface area contributed by atoms with Gasteiger partial charge in [0.25, 0.3) is 5.91 Å². The van der Waals surface area contributed by atoms with Gasteiger partial charge in [-0.25, -0.2) is 4.98 Å². The van der Waals surface area contributed by atoms with E-state index in [2.05, 4.69) is 50.2 Å². The maximum Gasteiger partial charge on any atom is 0.273 e. The number of carbonyl (C=O) groups is 1. The Labute approximate surface area is 145 Å². The monoisotopic (exact) mass is 336 g/mol. The third-order valence-corrected chi connectivity index (χ3v) is 4.82. The summed E-state index contributed by atoms with van der Waals surface area (Å²) in [5.41, 5.74) is 6.38. The van der Waals surface area contributed by atoms with Crippen molar-refractivity contribution in [3.05, 3.63) is 17.8 Å². The molecule has 24 heavy (non-hydrogen) atoms. The third kappa shape index (κ3) is 4.57. The predicted octanol–water partition coefficient (Wildman–Crippen LogP) is 2.76. The van der Waals surface area contributed by atoms with Crippen molar-refractivity contribution in [1.82, 2.24) is 15.6 Å². The first-order valence-electron chi connectivity index (χ1n) is 8.84. The second-order valence-corrected chi connectivity index (χ2v) is 8.45. The predicted molar refractivity (Wildman–Crippen MR) is 94.7 cm³/mol. The minimum atomic E-state index is -0.284. The van der Waals surface area contributed by atoms with Gasteiger partial charge in [-0.15, -0.1) is 0 Å². The number of nitrogens with zero attached hydrogens (tertiary/aromatic N) is 1. The third-order valence-electron chi connectivity index (χ3n) is 4.82. The van der Waals surface area contributed by atoms with Crippen molar-refractivity contribution in [3.63, 3.8) is 0 Å². The van der Waals surface area contributed by atoms with E-state index >= 15 is 0 Å². The van der Waals surface area contributed by atoms with E-state index in [1.54, 1.807) is 0 Å². The van der Waals surface area contributed by atoms with Gasteiger partial charge >= 0.3 is 0 Å². The largest absolute Gasteiger partial charge is 0.446 e. The molecule has 0 aromatic carbocycles. The van der Waals surface area contributed by atoms with Gasteiger partial charge in [0.05, 0.1) is 6.04 Å². The van der Waals surface area contributed by atoms with Crippen LogP contribution in [0.5, 0.6) is 0 Å². The molecule has 1 amide bonds. The highest BCUT2D eigenvalue weighted by molar-refractivity contribution is 5.92. The Hall–Kier alpha value is -1.40. The van der Waals surface area contributed by atoms with Crippen molar-refractivity contribution in [2.24, 2.45) is 11.7 Å². The highest BCUT2D eigenvalue weighted by Gasteiger charge is 2.38. The Bertz CT molecular complexity index is 563. The van der Waals surface area contributed by atoms with Crippen LogP contribution in [0.15, 0.2) is 10.7 Å². The van der Waals surface area contributed by atoms with Crippen molar-refractivity contribution in [2.75, 3.05) is 0 Å². The van der Waals surface area contributed by atoms with Crippen LogP contribution in [0.3, 0.4) is 0 Å². The Morgan fingerprint density at radius 3 is 2.54 bits per heavy atom. The molecule has 0 spiro atoms. The van der Waals surface area contributed by atoms with E-state index in [0.717, 1.165) is 19.3 Å². The lowest BCUT2D eigenvalue weighted by molar-refractivity contribution is 0.0868. The molecule has 1 fully saturated rings. The van der Waals surface area contributed by atoms with Gasteiger partial charge in [0.2, 0.25) is 5.89 Å². The molecule has 1 aromatic rings. The lowest BCUT2D eigenvalue weighted by Crippen LogP contribution is -2.62. The highest BCUT2D eigenvalue weighted by Crippen LogP contribution is 2.28. The van der Waals surface area contributed by atoms with Crippen LogP contribution in [0.2, 0.25) is 0 Å². The second kappa shape index (κ2) is 6.84. The summed E-state index contributed by atoms with van der Waals surface area (Å²) in [6, 6.07) is -0.180. The first-order valence-corrected chi connectivity index (χ1v) is 8.84. The number of oxazole rings is 1. The fraction of sp³-hybridized carbons (Fsp3) is 0.778. The van der Waals surface area contributed by atoms with Crippen molar-refractivity contribution in [3.8, 4) is 0 Å². The van der Waals surface area contributed by atoms with Crippen molar-refractivity contribution in [1.29, 1.82) is 0 Å². The van der Waals surface area contributed by atoms with Crippen LogP contribution >= 0.6 is 0 Å². The SMILES string of the molecule is CCC(C)C(N)c1nc(C(=O)NC2CC(C)(C)NC(C)(C)C2)co1. The summed E-state index contributed by atoms with van der Waals surface area (Å²) in [5.74, 6) is 0.492. The van der Waals surface area contributed by atoms with E-state index in [4.69, 9.17) is 10.2 Å². The van der Waals surface area contributed by atoms with Crippen molar-refractivity contribution in [2.45, 2.75) is 84.0 Å². The van der Waals surface area contributed by atoms with Gasteiger partial charge < -0.3 is 20.8 Å². The fourth-order valence-corrected chi connectivity index (χ4v) is 3.73. The molecule has 6 nitrogen and oxygen atoms in total. The molecule has 2 rings (SSSR count). The Morgan fingerprint density at radius 2 is 2.00 bits per heavy atom. The zero-order valence-corrected chi connectivity index (χ0v) is 15.8. The van der Waals surface area contributed by atoms with Gasteiger partial charge in [-0.3, -0.25) is 4.79 Å². The normalized spacial score (nSPS) is 22.8. The van der Waals surface area contributed by atoms with Gasteiger partial charge in [-0.2, -0.15) is 0 Å². The quantitative estimate of drug-likeness (QED) is 0.769. The standard InChI is InChI=1S/C18H32N4O2/c1-7-11(2)14(19)16-21-13(10-24-16)15(23)20-12-8-17(3,4)22-18(5,6)9-12/h10-12,14,22H,7-9,19H2,1-6H3,(H,20,23). The average molecular weight is 336 g/mol. The van der Waals surface area contributed by atoms with Crippen molar-refractivity contribution < 1.29 is 9.21 Å². The molecule has 2 unspecified atom stereocenters. The molecule has 1 aliphatic heterocycles. The molecule has 1 aliphatic rings. The molecule has 2 atom stereocenters. The molecule has 1 aromatic heterocycles. The molecular weight excluding hydrogens is 304 g/mol. The topological polar surface area (TPSA) is 93.2 Å². The molecule has 136 valence electrons. The van der Waals surface area contributed by atoms with E-state index in [0.29, 0.717) is 11.6 Å². The molecule has 0 radical (unpaired) electrons. The summed E-state index contributed by atoms with van der Waals surface area (Å²) in [6.07, 6.45) is 4.09. The summed E-state index contributed by atoms with van der Waals surface area (Å²) >= 11 is 0. The Balaban J connectivity index is 2.04. The smallest absolute Gasteiger partial charge is 0.273 e. The lowest BCUT2D eigenvalue weighted by Gasteiger charge is -2.46. The zero-order chi connectivity index (χ0) is 18.1. The number of nitrogens with one attached hydrogen (secondary N) is 2. The van der Waals surface area contributed by atoms with E-state index in [1.165, 1.54) is 6.26 Å². The first-order chi connectivity index (χ1) is 11.0. The molecule has 0 saturated carbocycles. The summed E-state index contributed by atoms with van der Waals surface area (Å²) in [4.78, 5) is 16.8. The van der Waals surface area contributed by atoms with Crippen LogP contribution in [-0.4, -0.2) is 28.0 Å². The molecule has 1 saturated heterocycles. The number of hydrogen-bond acceptors (Lipinski definition) is 5. The maximum atomic E-state index is 12.5. The van der Waals surface area contributed by atoms with Crippen LogP contribution in [0.4, 0.5) is 0 Å². The number of nitrogens with two attached hydrogens (primary N) is 1. The minimum Gasteiger partial charge on any atom is -0.446 e. The lowest BCUT2D eigenvalue weighted by atomic mass is 9.79. The molecule has 0 bridgehead atoms.